The van der Waals surface area contributed by atoms with Crippen LogP contribution in [0, 0.1) is 0 Å². The highest BCUT2D eigenvalue weighted by molar-refractivity contribution is 5.77. The smallest absolute Gasteiger partial charge is 0.306 e. The van der Waals surface area contributed by atoms with Crippen LogP contribution in [0.15, 0.2) is 72.9 Å². The van der Waals surface area contributed by atoms with Crippen molar-refractivity contribution >= 4 is 11.9 Å². The van der Waals surface area contributed by atoms with Gasteiger partial charge in [-0.2, -0.15) is 0 Å². The number of hydrogen-bond acceptors (Lipinski definition) is 5. The van der Waals surface area contributed by atoms with E-state index in [2.05, 4.69) is 99.0 Å². The maximum atomic E-state index is 13.1. The first-order valence-electron chi connectivity index (χ1n) is 23.7. The molecule has 3 unspecified atom stereocenters. The van der Waals surface area contributed by atoms with E-state index in [0.29, 0.717) is 25.7 Å². The summed E-state index contributed by atoms with van der Waals surface area (Å²) in [4.78, 5) is 25.9. The van der Waals surface area contributed by atoms with Gasteiger partial charge in [0, 0.05) is 6.42 Å². The van der Waals surface area contributed by atoms with E-state index in [9.17, 15) is 19.8 Å². The number of amides is 1. The van der Waals surface area contributed by atoms with Crippen molar-refractivity contribution in [1.29, 1.82) is 0 Å². The third-order valence-corrected chi connectivity index (χ3v) is 10.3. The number of allylic oxidation sites excluding steroid dienone is 12. The van der Waals surface area contributed by atoms with E-state index in [-0.39, 0.29) is 24.9 Å². The standard InChI is InChI=1S/C51H89NO5/c1-4-7-10-13-16-19-21-23-24-25-26-28-30-32-35-38-41-44-51(56)57-47(42-39-36-33-18-15-12-9-6-3)45-50(55)52-48(46-53)49(54)43-40-37-34-31-29-27-22-20-17-14-11-8-5-2/h7,10,12,15-16,19,23-24,26,28,32,35,47-49,53-54H,4-6,8-9,11,13-14,17-18,20-22,25,27,29-31,33-34,36-46H2,1-3H3,(H,52,55)/b10-7-,15-12-,19-16-,24-23-,28-26-,35-32-. The van der Waals surface area contributed by atoms with Crippen LogP contribution in [0.4, 0.5) is 0 Å². The molecule has 0 aromatic heterocycles. The zero-order valence-electron chi connectivity index (χ0n) is 37.2. The maximum absolute atomic E-state index is 13.1. The number of aliphatic hydroxyl groups excluding tert-OH is 2. The SMILES string of the molecule is CC/C=C\C/C=C\C/C=C\C/C=C\C/C=C\CCCC(=O)OC(CCCCC/C=C\CCC)CC(=O)NC(CO)C(O)CCCCCCCCCCCCCCC. The lowest BCUT2D eigenvalue weighted by atomic mass is 10.0. The monoisotopic (exact) mass is 796 g/mol. The molecule has 3 atom stereocenters. The van der Waals surface area contributed by atoms with E-state index in [1.54, 1.807) is 0 Å². The summed E-state index contributed by atoms with van der Waals surface area (Å²) in [6.45, 7) is 6.26. The Bertz CT molecular complexity index is 1070. The van der Waals surface area contributed by atoms with Crippen LogP contribution < -0.4 is 5.32 Å². The van der Waals surface area contributed by atoms with Crippen molar-refractivity contribution in [3.63, 3.8) is 0 Å². The van der Waals surface area contributed by atoms with Crippen LogP contribution in [0.1, 0.15) is 213 Å². The Hall–Kier alpha value is -2.70. The number of rotatable bonds is 41. The lowest BCUT2D eigenvalue weighted by Crippen LogP contribution is -2.46. The Morgan fingerprint density at radius 1 is 0.526 bits per heavy atom. The van der Waals surface area contributed by atoms with Crippen LogP contribution in [0.2, 0.25) is 0 Å². The molecule has 3 N–H and O–H groups in total. The minimum absolute atomic E-state index is 0.0405. The molecule has 0 spiro atoms. The van der Waals surface area contributed by atoms with E-state index in [1.165, 1.54) is 64.2 Å². The summed E-state index contributed by atoms with van der Waals surface area (Å²) in [6.07, 6.45) is 55.4. The molecule has 0 saturated carbocycles. The third-order valence-electron chi connectivity index (χ3n) is 10.3. The summed E-state index contributed by atoms with van der Waals surface area (Å²) in [5.74, 6) is -0.568. The van der Waals surface area contributed by atoms with Crippen LogP contribution >= 0.6 is 0 Å². The molecule has 1 amide bonds. The molecule has 328 valence electrons. The summed E-state index contributed by atoms with van der Waals surface area (Å²) in [6, 6.07) is -0.718. The van der Waals surface area contributed by atoms with Crippen molar-refractivity contribution in [2.45, 2.75) is 232 Å². The minimum Gasteiger partial charge on any atom is -0.462 e. The predicted octanol–water partition coefficient (Wildman–Crippen LogP) is 13.8. The van der Waals surface area contributed by atoms with Crippen LogP contribution in [0.3, 0.4) is 0 Å². The average molecular weight is 796 g/mol. The van der Waals surface area contributed by atoms with E-state index in [4.69, 9.17) is 4.74 Å². The molecule has 57 heavy (non-hydrogen) atoms. The van der Waals surface area contributed by atoms with E-state index in [1.807, 2.05) is 0 Å². The Kier molecular flexibility index (Phi) is 42.3. The van der Waals surface area contributed by atoms with Crippen LogP contribution in [-0.2, 0) is 14.3 Å². The highest BCUT2D eigenvalue weighted by atomic mass is 16.5. The normalized spacial score (nSPS) is 14.0. The number of esters is 1. The Morgan fingerprint density at radius 2 is 0.982 bits per heavy atom. The van der Waals surface area contributed by atoms with Gasteiger partial charge in [0.25, 0.3) is 0 Å². The van der Waals surface area contributed by atoms with E-state index in [0.717, 1.165) is 96.3 Å². The van der Waals surface area contributed by atoms with Gasteiger partial charge in [-0.3, -0.25) is 9.59 Å². The van der Waals surface area contributed by atoms with Crippen LogP contribution in [0.5, 0.6) is 0 Å². The summed E-state index contributed by atoms with van der Waals surface area (Å²) in [5.41, 5.74) is 0. The first-order valence-corrected chi connectivity index (χ1v) is 23.7. The van der Waals surface area contributed by atoms with Crippen molar-refractivity contribution in [2.75, 3.05) is 6.61 Å². The van der Waals surface area contributed by atoms with Crippen molar-refractivity contribution in [2.24, 2.45) is 0 Å². The summed E-state index contributed by atoms with van der Waals surface area (Å²) in [7, 11) is 0. The van der Waals surface area contributed by atoms with Crippen molar-refractivity contribution in [3.8, 4) is 0 Å². The van der Waals surface area contributed by atoms with Gasteiger partial charge in [0.05, 0.1) is 25.2 Å². The molecule has 0 aliphatic rings. The van der Waals surface area contributed by atoms with Gasteiger partial charge in [0.2, 0.25) is 5.91 Å². The van der Waals surface area contributed by atoms with Crippen molar-refractivity contribution < 1.29 is 24.5 Å². The second-order valence-corrected chi connectivity index (χ2v) is 15.8. The lowest BCUT2D eigenvalue weighted by Gasteiger charge is -2.24. The second kappa shape index (κ2) is 44.4. The van der Waals surface area contributed by atoms with Crippen molar-refractivity contribution in [1.82, 2.24) is 5.32 Å². The van der Waals surface area contributed by atoms with E-state index < -0.39 is 18.2 Å². The molecule has 0 radical (unpaired) electrons. The molecule has 0 fully saturated rings. The molecule has 6 nitrogen and oxygen atoms in total. The van der Waals surface area contributed by atoms with Crippen molar-refractivity contribution in [3.05, 3.63) is 72.9 Å². The van der Waals surface area contributed by atoms with E-state index >= 15 is 0 Å². The molecule has 0 aliphatic heterocycles. The molecule has 0 bridgehead atoms. The molecular formula is C51H89NO5. The first kappa shape index (κ1) is 54.3. The topological polar surface area (TPSA) is 95.9 Å². The van der Waals surface area contributed by atoms with Gasteiger partial charge in [-0.25, -0.2) is 0 Å². The molecule has 0 aliphatic carbocycles. The number of nitrogens with one attached hydrogen (secondary N) is 1. The Balaban J connectivity index is 4.57. The number of carbonyl (C=O) groups is 2. The zero-order valence-corrected chi connectivity index (χ0v) is 37.2. The van der Waals surface area contributed by atoms with Gasteiger partial charge < -0.3 is 20.3 Å². The number of carbonyl (C=O) groups excluding carboxylic acids is 2. The lowest BCUT2D eigenvalue weighted by molar-refractivity contribution is -0.151. The second-order valence-electron chi connectivity index (χ2n) is 15.8. The molecule has 0 aromatic rings. The third kappa shape index (κ3) is 39.9. The first-order chi connectivity index (χ1) is 28.0. The van der Waals surface area contributed by atoms with Gasteiger partial charge in [0.15, 0.2) is 0 Å². The zero-order chi connectivity index (χ0) is 41.7. The minimum atomic E-state index is -0.802. The summed E-state index contributed by atoms with van der Waals surface area (Å²) < 4.78 is 5.85. The predicted molar refractivity (Wildman–Crippen MR) is 245 cm³/mol. The Morgan fingerprint density at radius 3 is 1.53 bits per heavy atom. The highest BCUT2D eigenvalue weighted by Gasteiger charge is 2.24. The summed E-state index contributed by atoms with van der Waals surface area (Å²) >= 11 is 0. The number of unbranched alkanes of at least 4 members (excludes halogenated alkanes) is 17. The van der Waals surface area contributed by atoms with Gasteiger partial charge in [0.1, 0.15) is 6.10 Å². The molecule has 0 rings (SSSR count). The van der Waals surface area contributed by atoms with Gasteiger partial charge in [-0.1, -0.05) is 190 Å². The quantitative estimate of drug-likeness (QED) is 0.0325. The fraction of sp³-hybridized carbons (Fsp3) is 0.725. The maximum Gasteiger partial charge on any atom is 0.306 e. The average Bonchev–Trinajstić information content (AvgIpc) is 3.20. The largest absolute Gasteiger partial charge is 0.462 e. The number of ether oxygens (including phenoxy) is 1. The number of aliphatic hydroxyl groups is 2. The molecule has 0 saturated heterocycles. The fourth-order valence-corrected chi connectivity index (χ4v) is 6.70. The van der Waals surface area contributed by atoms with Crippen LogP contribution in [0.25, 0.3) is 0 Å². The molecular weight excluding hydrogens is 707 g/mol. The van der Waals surface area contributed by atoms with Gasteiger partial charge in [-0.15, -0.1) is 0 Å². The number of hydrogen-bond donors (Lipinski definition) is 3. The highest BCUT2D eigenvalue weighted by Crippen LogP contribution is 2.17. The van der Waals surface area contributed by atoms with Gasteiger partial charge in [-0.05, 0) is 83.5 Å². The molecule has 6 heteroatoms. The fourth-order valence-electron chi connectivity index (χ4n) is 6.70. The molecule has 0 aromatic carbocycles. The van der Waals surface area contributed by atoms with Gasteiger partial charge >= 0.3 is 5.97 Å². The Labute approximate surface area is 351 Å². The molecule has 0 heterocycles. The van der Waals surface area contributed by atoms with Crippen LogP contribution in [-0.4, -0.2) is 46.9 Å². The summed E-state index contributed by atoms with van der Waals surface area (Å²) in [5, 5.41) is 23.6.